The summed E-state index contributed by atoms with van der Waals surface area (Å²) in [5.74, 6) is -2.01. The van der Waals surface area contributed by atoms with E-state index < -0.39 is 12.1 Å². The molecule has 1 aromatic heterocycles. The number of amides is 1. The van der Waals surface area contributed by atoms with Crippen LogP contribution < -0.4 is 5.32 Å². The van der Waals surface area contributed by atoms with Gasteiger partial charge in [-0.3, -0.25) is 10.1 Å². The maximum atomic E-state index is 12.0. The Bertz CT molecular complexity index is 576. The van der Waals surface area contributed by atoms with E-state index in [4.69, 9.17) is 0 Å². The van der Waals surface area contributed by atoms with Crippen molar-refractivity contribution >= 4 is 32.6 Å². The molecule has 0 fully saturated rings. The third kappa shape index (κ3) is 2.38. The van der Waals surface area contributed by atoms with Crippen LogP contribution in [0.15, 0.2) is 18.2 Å². The minimum absolute atomic E-state index is 0.0448. The van der Waals surface area contributed by atoms with Gasteiger partial charge >= 0.3 is 12.1 Å². The molecule has 2 rings (SSSR count). The highest BCUT2D eigenvalue weighted by atomic mass is 32.1. The summed E-state index contributed by atoms with van der Waals surface area (Å²) in [7, 11) is 0. The van der Waals surface area contributed by atoms with Gasteiger partial charge < -0.3 is 0 Å². The van der Waals surface area contributed by atoms with Crippen molar-refractivity contribution in [2.75, 3.05) is 5.32 Å². The van der Waals surface area contributed by atoms with E-state index >= 15 is 0 Å². The molecule has 2 aromatic rings. The summed E-state index contributed by atoms with van der Waals surface area (Å²) >= 11 is 1.03. The Balaban J connectivity index is 2.32. The molecule has 1 amide bonds. The third-order valence-corrected chi connectivity index (χ3v) is 3.21. The number of benzene rings is 1. The summed E-state index contributed by atoms with van der Waals surface area (Å²) in [6.07, 6.45) is -4.90. The molecule has 90 valence electrons. The van der Waals surface area contributed by atoms with E-state index in [0.29, 0.717) is 5.52 Å². The number of hydrogen-bond donors (Lipinski definition) is 1. The molecule has 0 saturated carbocycles. The molecule has 1 heterocycles. The van der Waals surface area contributed by atoms with Crippen LogP contribution in [0.2, 0.25) is 0 Å². The molecule has 7 heteroatoms. The van der Waals surface area contributed by atoms with Crippen LogP contribution in [-0.2, 0) is 4.79 Å². The Morgan fingerprint density at radius 1 is 1.41 bits per heavy atom. The van der Waals surface area contributed by atoms with E-state index in [0.717, 1.165) is 21.6 Å². The largest absolute Gasteiger partial charge is 0.471 e. The standard InChI is InChI=1S/C10H7F3N2OS/c1-5-3-2-4-6-7(5)17-9(14-6)15-8(16)10(11,12)13/h2-4H,1H3,(H,14,15,16). The van der Waals surface area contributed by atoms with Crippen molar-refractivity contribution in [2.24, 2.45) is 0 Å². The van der Waals surface area contributed by atoms with Crippen LogP contribution in [0.5, 0.6) is 0 Å². The minimum Gasteiger partial charge on any atom is -0.294 e. The number of fused-ring (bicyclic) bond motifs is 1. The van der Waals surface area contributed by atoms with Gasteiger partial charge in [0.15, 0.2) is 5.13 Å². The Morgan fingerprint density at radius 2 is 2.12 bits per heavy atom. The number of nitrogens with one attached hydrogen (secondary N) is 1. The maximum Gasteiger partial charge on any atom is 0.471 e. The van der Waals surface area contributed by atoms with Crippen molar-refractivity contribution in [3.63, 3.8) is 0 Å². The van der Waals surface area contributed by atoms with Gasteiger partial charge in [0.05, 0.1) is 10.2 Å². The number of halogens is 3. The van der Waals surface area contributed by atoms with E-state index in [-0.39, 0.29) is 5.13 Å². The second kappa shape index (κ2) is 3.99. The van der Waals surface area contributed by atoms with Gasteiger partial charge in [0.25, 0.3) is 0 Å². The number of rotatable bonds is 1. The Morgan fingerprint density at radius 3 is 2.71 bits per heavy atom. The smallest absolute Gasteiger partial charge is 0.294 e. The molecule has 0 atom stereocenters. The summed E-state index contributed by atoms with van der Waals surface area (Å²) in [6.45, 7) is 1.83. The van der Waals surface area contributed by atoms with Gasteiger partial charge in [-0.05, 0) is 18.6 Å². The minimum atomic E-state index is -4.90. The number of aromatic nitrogens is 1. The van der Waals surface area contributed by atoms with Gasteiger partial charge in [0, 0.05) is 0 Å². The fourth-order valence-electron chi connectivity index (χ4n) is 1.31. The summed E-state index contributed by atoms with van der Waals surface area (Å²) in [5.41, 5.74) is 1.49. The van der Waals surface area contributed by atoms with E-state index in [1.165, 1.54) is 0 Å². The number of anilines is 1. The average Bonchev–Trinajstić information content (AvgIpc) is 2.60. The van der Waals surface area contributed by atoms with Crippen LogP contribution >= 0.6 is 11.3 Å². The quantitative estimate of drug-likeness (QED) is 0.856. The van der Waals surface area contributed by atoms with Gasteiger partial charge in [-0.1, -0.05) is 23.5 Å². The van der Waals surface area contributed by atoms with Crippen LogP contribution in [0, 0.1) is 6.92 Å². The lowest BCUT2D eigenvalue weighted by molar-refractivity contribution is -0.167. The van der Waals surface area contributed by atoms with Gasteiger partial charge in [0.1, 0.15) is 0 Å². The molecular formula is C10H7F3N2OS. The first-order valence-electron chi connectivity index (χ1n) is 4.62. The fourth-order valence-corrected chi connectivity index (χ4v) is 2.24. The van der Waals surface area contributed by atoms with Crippen LogP contribution in [0.25, 0.3) is 10.2 Å². The van der Waals surface area contributed by atoms with Gasteiger partial charge in [-0.15, -0.1) is 0 Å². The summed E-state index contributed by atoms with van der Waals surface area (Å²) in [4.78, 5) is 14.6. The number of nitrogens with zero attached hydrogens (tertiary/aromatic N) is 1. The molecule has 0 radical (unpaired) electrons. The van der Waals surface area contributed by atoms with E-state index in [9.17, 15) is 18.0 Å². The molecule has 0 aliphatic heterocycles. The number of hydrogen-bond acceptors (Lipinski definition) is 3. The van der Waals surface area contributed by atoms with Crippen molar-refractivity contribution in [2.45, 2.75) is 13.1 Å². The first-order chi connectivity index (χ1) is 7.88. The number of carbonyl (C=O) groups is 1. The first kappa shape index (κ1) is 11.8. The molecule has 0 spiro atoms. The number of carbonyl (C=O) groups excluding carboxylic acids is 1. The topological polar surface area (TPSA) is 42.0 Å². The van der Waals surface area contributed by atoms with Crippen molar-refractivity contribution in [3.05, 3.63) is 23.8 Å². The second-order valence-corrected chi connectivity index (χ2v) is 4.39. The summed E-state index contributed by atoms with van der Waals surface area (Å²) in [5, 5.41) is 1.70. The zero-order valence-electron chi connectivity index (χ0n) is 8.63. The third-order valence-electron chi connectivity index (χ3n) is 2.09. The van der Waals surface area contributed by atoms with Crippen molar-refractivity contribution in [1.82, 2.24) is 4.98 Å². The maximum absolute atomic E-state index is 12.0. The average molecular weight is 260 g/mol. The Hall–Kier alpha value is -1.63. The highest BCUT2D eigenvalue weighted by molar-refractivity contribution is 7.22. The number of alkyl halides is 3. The van der Waals surface area contributed by atoms with Crippen molar-refractivity contribution < 1.29 is 18.0 Å². The monoisotopic (exact) mass is 260 g/mol. The zero-order valence-corrected chi connectivity index (χ0v) is 9.45. The van der Waals surface area contributed by atoms with E-state index in [2.05, 4.69) is 4.98 Å². The van der Waals surface area contributed by atoms with Gasteiger partial charge in [-0.2, -0.15) is 13.2 Å². The van der Waals surface area contributed by atoms with E-state index in [1.807, 2.05) is 13.0 Å². The lowest BCUT2D eigenvalue weighted by atomic mass is 10.2. The number of thiazole rings is 1. The number of aryl methyl sites for hydroxylation is 1. The summed E-state index contributed by atoms with van der Waals surface area (Å²) in [6, 6.07) is 5.27. The SMILES string of the molecule is Cc1cccc2nc(NC(=O)C(F)(F)F)sc12. The van der Waals surface area contributed by atoms with E-state index in [1.54, 1.807) is 17.4 Å². The normalized spacial score (nSPS) is 11.8. The molecular weight excluding hydrogens is 253 g/mol. The predicted octanol–water partition coefficient (Wildman–Crippen LogP) is 3.11. The van der Waals surface area contributed by atoms with Crippen LogP contribution in [0.3, 0.4) is 0 Å². The molecule has 0 bridgehead atoms. The van der Waals surface area contributed by atoms with Crippen molar-refractivity contribution in [3.8, 4) is 0 Å². The van der Waals surface area contributed by atoms with Crippen LogP contribution in [0.4, 0.5) is 18.3 Å². The second-order valence-electron chi connectivity index (χ2n) is 3.39. The predicted molar refractivity (Wildman–Crippen MR) is 59.0 cm³/mol. The molecule has 0 saturated heterocycles. The molecule has 0 unspecified atom stereocenters. The lowest BCUT2D eigenvalue weighted by Gasteiger charge is -2.03. The highest BCUT2D eigenvalue weighted by Crippen LogP contribution is 2.29. The van der Waals surface area contributed by atoms with Crippen LogP contribution in [0.1, 0.15) is 5.56 Å². The van der Waals surface area contributed by atoms with Gasteiger partial charge in [-0.25, -0.2) is 4.98 Å². The molecule has 1 N–H and O–H groups in total. The molecule has 0 aliphatic carbocycles. The molecule has 17 heavy (non-hydrogen) atoms. The zero-order chi connectivity index (χ0) is 12.6. The van der Waals surface area contributed by atoms with Gasteiger partial charge in [0.2, 0.25) is 0 Å². The molecule has 0 aliphatic rings. The first-order valence-corrected chi connectivity index (χ1v) is 5.44. The van der Waals surface area contributed by atoms with Crippen molar-refractivity contribution in [1.29, 1.82) is 0 Å². The Kier molecular flexibility index (Phi) is 2.78. The highest BCUT2D eigenvalue weighted by Gasteiger charge is 2.39. The fraction of sp³-hybridized carbons (Fsp3) is 0.200. The summed E-state index contributed by atoms with van der Waals surface area (Å²) < 4.78 is 36.9. The molecule has 1 aromatic carbocycles. The van der Waals surface area contributed by atoms with Crippen LogP contribution in [-0.4, -0.2) is 17.1 Å². The Labute approximate surface area is 98.3 Å². The lowest BCUT2D eigenvalue weighted by Crippen LogP contribution is -2.29. The molecule has 3 nitrogen and oxygen atoms in total.